The van der Waals surface area contributed by atoms with Gasteiger partial charge in [-0.15, -0.1) is 12.4 Å². The van der Waals surface area contributed by atoms with Crippen LogP contribution in [0.4, 0.5) is 0 Å². The Hall–Kier alpha value is -1.11. The lowest BCUT2D eigenvalue weighted by molar-refractivity contribution is -0.128. The second kappa shape index (κ2) is 10.1. The molecule has 0 unspecified atom stereocenters. The molecule has 2 heterocycles. The molecule has 144 valence electrons. The molecule has 2 atom stereocenters. The molecule has 0 bridgehead atoms. The summed E-state index contributed by atoms with van der Waals surface area (Å²) in [5.74, 6) is 0.498. The zero-order chi connectivity index (χ0) is 17.7. The number of amides is 1. The number of aryl methyl sites for hydroxylation is 2. The van der Waals surface area contributed by atoms with Crippen LogP contribution < -0.4 is 5.32 Å². The van der Waals surface area contributed by atoms with E-state index in [1.165, 1.54) is 5.56 Å². The number of carbonyl (C=O) groups is 1. The summed E-state index contributed by atoms with van der Waals surface area (Å²) in [5, 5.41) is 10.5. The minimum atomic E-state index is -0.00711. The van der Waals surface area contributed by atoms with Crippen molar-refractivity contribution < 1.29 is 9.53 Å². The fourth-order valence-corrected chi connectivity index (χ4v) is 3.44. The van der Waals surface area contributed by atoms with Crippen molar-refractivity contribution in [2.24, 2.45) is 5.92 Å². The summed E-state index contributed by atoms with van der Waals surface area (Å²) in [5.41, 5.74) is 3.48. The highest BCUT2D eigenvalue weighted by Crippen LogP contribution is 2.24. The molecule has 6 nitrogen and oxygen atoms in total. The zero-order valence-corrected chi connectivity index (χ0v) is 16.9. The van der Waals surface area contributed by atoms with Crippen molar-refractivity contribution in [2.45, 2.75) is 66.2 Å². The van der Waals surface area contributed by atoms with Gasteiger partial charge in [0, 0.05) is 36.9 Å². The van der Waals surface area contributed by atoms with E-state index in [0.717, 1.165) is 43.9 Å². The maximum atomic E-state index is 12.1. The first-order valence-corrected chi connectivity index (χ1v) is 9.04. The number of nitrogens with zero attached hydrogens (tertiary/aromatic N) is 2. The molecule has 2 N–H and O–H groups in total. The van der Waals surface area contributed by atoms with Gasteiger partial charge in [0.15, 0.2) is 0 Å². The molecular formula is C18H33ClN4O2. The van der Waals surface area contributed by atoms with Gasteiger partial charge < -0.3 is 10.1 Å². The van der Waals surface area contributed by atoms with E-state index in [-0.39, 0.29) is 37.1 Å². The van der Waals surface area contributed by atoms with Gasteiger partial charge in [-0.2, -0.15) is 5.10 Å². The van der Waals surface area contributed by atoms with E-state index in [1.807, 2.05) is 20.8 Å². The minimum Gasteiger partial charge on any atom is -0.369 e. The Morgan fingerprint density at radius 2 is 2.12 bits per heavy atom. The van der Waals surface area contributed by atoms with Crippen molar-refractivity contribution in [1.29, 1.82) is 0 Å². The highest BCUT2D eigenvalue weighted by molar-refractivity contribution is 5.85. The Bertz CT molecular complexity index is 528. The number of likely N-dealkylation sites (tertiary alicyclic amines) is 1. The van der Waals surface area contributed by atoms with Gasteiger partial charge in [0.1, 0.15) is 6.61 Å². The van der Waals surface area contributed by atoms with Gasteiger partial charge in [-0.1, -0.05) is 13.3 Å². The van der Waals surface area contributed by atoms with Crippen LogP contribution in [0.2, 0.25) is 0 Å². The fourth-order valence-electron chi connectivity index (χ4n) is 3.44. The number of ether oxygens (including phenoxy) is 1. The van der Waals surface area contributed by atoms with Gasteiger partial charge in [0.05, 0.1) is 11.8 Å². The monoisotopic (exact) mass is 372 g/mol. The number of aromatic nitrogens is 2. The number of H-pyrrole nitrogens is 1. The Kier molecular flexibility index (Phi) is 8.89. The largest absolute Gasteiger partial charge is 0.369 e. The van der Waals surface area contributed by atoms with E-state index in [9.17, 15) is 4.79 Å². The second-order valence-corrected chi connectivity index (χ2v) is 7.19. The Morgan fingerprint density at radius 3 is 2.68 bits per heavy atom. The number of nitrogens with one attached hydrogen (secondary N) is 2. The van der Waals surface area contributed by atoms with E-state index in [4.69, 9.17) is 4.74 Å². The lowest BCUT2D eigenvalue weighted by atomic mass is 9.98. The summed E-state index contributed by atoms with van der Waals surface area (Å²) in [6.45, 7) is 13.2. The molecule has 0 spiro atoms. The predicted octanol–water partition coefficient (Wildman–Crippen LogP) is 2.59. The van der Waals surface area contributed by atoms with Gasteiger partial charge in [0.25, 0.3) is 0 Å². The van der Waals surface area contributed by atoms with Crippen LogP contribution in [0.5, 0.6) is 0 Å². The van der Waals surface area contributed by atoms with Crippen molar-refractivity contribution in [3.05, 3.63) is 17.0 Å². The van der Waals surface area contributed by atoms with Gasteiger partial charge in [0.2, 0.25) is 5.91 Å². The molecule has 1 aromatic rings. The van der Waals surface area contributed by atoms with Crippen LogP contribution in [0.15, 0.2) is 0 Å². The molecule has 0 radical (unpaired) electrons. The quantitative estimate of drug-likeness (QED) is 0.735. The molecule has 1 aliphatic rings. The van der Waals surface area contributed by atoms with Gasteiger partial charge in [-0.3, -0.25) is 14.8 Å². The average molecular weight is 373 g/mol. The third kappa shape index (κ3) is 6.28. The maximum Gasteiger partial charge on any atom is 0.246 e. The molecule has 1 fully saturated rings. The van der Waals surface area contributed by atoms with Crippen molar-refractivity contribution in [3.63, 3.8) is 0 Å². The predicted molar refractivity (Wildman–Crippen MR) is 102 cm³/mol. The van der Waals surface area contributed by atoms with Crippen molar-refractivity contribution in [2.75, 3.05) is 19.7 Å². The van der Waals surface area contributed by atoms with E-state index in [0.29, 0.717) is 5.92 Å². The highest BCUT2D eigenvalue weighted by atomic mass is 35.5. The molecule has 2 rings (SSSR count). The number of halogens is 1. The maximum absolute atomic E-state index is 12.1. The smallest absolute Gasteiger partial charge is 0.246 e. The van der Waals surface area contributed by atoms with E-state index >= 15 is 0 Å². The van der Waals surface area contributed by atoms with Crippen LogP contribution in [-0.2, 0) is 16.1 Å². The number of hydrogen-bond acceptors (Lipinski definition) is 4. The topological polar surface area (TPSA) is 70.2 Å². The molecule has 1 aliphatic heterocycles. The molecular weight excluding hydrogens is 340 g/mol. The van der Waals surface area contributed by atoms with Crippen LogP contribution in [0.3, 0.4) is 0 Å². The number of hydrogen-bond donors (Lipinski definition) is 2. The van der Waals surface area contributed by atoms with Crippen molar-refractivity contribution >= 4 is 18.3 Å². The summed E-state index contributed by atoms with van der Waals surface area (Å²) in [7, 11) is 0. The number of rotatable bonds is 8. The van der Waals surface area contributed by atoms with E-state index in [1.54, 1.807) is 0 Å². The molecule has 0 aliphatic carbocycles. The first-order chi connectivity index (χ1) is 11.4. The molecule has 7 heteroatoms. The first kappa shape index (κ1) is 21.9. The summed E-state index contributed by atoms with van der Waals surface area (Å²) in [6.07, 6.45) is 2.35. The van der Waals surface area contributed by atoms with Crippen LogP contribution in [0, 0.1) is 19.8 Å². The molecule has 1 amide bonds. The SMILES string of the molecule is CCC[C@H]1CN(Cc2c(C)n[nH]c2C)C[C@@H]1NC(=O)COC(C)C.Cl. The normalized spacial score (nSPS) is 20.7. The lowest BCUT2D eigenvalue weighted by Gasteiger charge is -2.19. The Morgan fingerprint density at radius 1 is 1.40 bits per heavy atom. The standard InChI is InChI=1S/C18H32N4O2.ClH/c1-6-7-15-8-22(9-16-13(4)20-21-14(16)5)10-17(15)19-18(23)11-24-12(2)3;/h12,15,17H,6-11H2,1-5H3,(H,19,23)(H,20,21);1H/t15-,17-;/m0./s1. The highest BCUT2D eigenvalue weighted by Gasteiger charge is 2.33. The number of carbonyl (C=O) groups excluding carboxylic acids is 1. The van der Waals surface area contributed by atoms with Crippen LogP contribution in [0.25, 0.3) is 0 Å². The summed E-state index contributed by atoms with van der Waals surface area (Å²) >= 11 is 0. The summed E-state index contributed by atoms with van der Waals surface area (Å²) in [6, 6.07) is 0.209. The third-order valence-electron chi connectivity index (χ3n) is 4.73. The molecule has 1 aromatic heterocycles. The first-order valence-electron chi connectivity index (χ1n) is 9.04. The fraction of sp³-hybridized carbons (Fsp3) is 0.778. The third-order valence-corrected chi connectivity index (χ3v) is 4.73. The van der Waals surface area contributed by atoms with E-state index < -0.39 is 0 Å². The zero-order valence-electron chi connectivity index (χ0n) is 16.1. The minimum absolute atomic E-state index is 0. The number of aromatic amines is 1. The molecule has 0 aromatic carbocycles. The summed E-state index contributed by atoms with van der Waals surface area (Å²) < 4.78 is 5.41. The average Bonchev–Trinajstić information content (AvgIpc) is 3.04. The van der Waals surface area contributed by atoms with Crippen LogP contribution in [-0.4, -0.2) is 52.8 Å². The molecule has 0 saturated carbocycles. The van der Waals surface area contributed by atoms with Crippen LogP contribution in [0.1, 0.15) is 50.6 Å². The van der Waals surface area contributed by atoms with Gasteiger partial charge >= 0.3 is 0 Å². The Labute approximate surface area is 157 Å². The molecule has 1 saturated heterocycles. The van der Waals surface area contributed by atoms with E-state index in [2.05, 4.69) is 34.3 Å². The molecule has 25 heavy (non-hydrogen) atoms. The van der Waals surface area contributed by atoms with Crippen molar-refractivity contribution in [1.82, 2.24) is 20.4 Å². The Balaban J connectivity index is 0.00000312. The van der Waals surface area contributed by atoms with Crippen LogP contribution >= 0.6 is 12.4 Å². The lowest BCUT2D eigenvalue weighted by Crippen LogP contribution is -2.42. The van der Waals surface area contributed by atoms with Gasteiger partial charge in [-0.25, -0.2) is 0 Å². The summed E-state index contributed by atoms with van der Waals surface area (Å²) in [4.78, 5) is 14.5. The van der Waals surface area contributed by atoms with Crippen molar-refractivity contribution in [3.8, 4) is 0 Å². The van der Waals surface area contributed by atoms with Gasteiger partial charge in [-0.05, 0) is 40.0 Å². The second-order valence-electron chi connectivity index (χ2n) is 7.19.